The Kier molecular flexibility index (Phi) is 5.35. The number of rotatable bonds is 5. The van der Waals surface area contributed by atoms with Gasteiger partial charge < -0.3 is 9.47 Å². The van der Waals surface area contributed by atoms with Crippen molar-refractivity contribution in [2.45, 2.75) is 6.61 Å². The molecule has 2 aromatic rings. The lowest BCUT2D eigenvalue weighted by Gasteiger charge is -2.15. The number of hydrogen-bond acceptors (Lipinski definition) is 5. The zero-order valence-electron chi connectivity index (χ0n) is 14.5. The Hall–Kier alpha value is -3.75. The van der Waals surface area contributed by atoms with E-state index >= 15 is 0 Å². The largest absolute Gasteiger partial charge is 0.496 e. The SMILES string of the molecule is COc1ccc(C=C2C(=O)NC(=O)NC2=O)cc1COc1ccc(F)cc1F. The molecule has 1 heterocycles. The molecule has 0 aliphatic carbocycles. The molecule has 2 aromatic carbocycles. The molecule has 1 saturated heterocycles. The van der Waals surface area contributed by atoms with Crippen molar-refractivity contribution in [3.63, 3.8) is 0 Å². The van der Waals surface area contributed by atoms with Crippen molar-refractivity contribution in [3.05, 3.63) is 64.7 Å². The van der Waals surface area contributed by atoms with Crippen molar-refractivity contribution in [1.29, 1.82) is 0 Å². The first-order valence-corrected chi connectivity index (χ1v) is 8.00. The molecule has 0 radical (unpaired) electrons. The average Bonchev–Trinajstić information content (AvgIpc) is 2.64. The minimum atomic E-state index is -0.891. The van der Waals surface area contributed by atoms with E-state index in [2.05, 4.69) is 0 Å². The first-order valence-electron chi connectivity index (χ1n) is 8.00. The molecule has 28 heavy (non-hydrogen) atoms. The van der Waals surface area contributed by atoms with E-state index in [4.69, 9.17) is 9.47 Å². The Labute approximate surface area is 157 Å². The molecule has 4 amide bonds. The Morgan fingerprint density at radius 3 is 2.29 bits per heavy atom. The van der Waals surface area contributed by atoms with E-state index in [0.717, 1.165) is 12.1 Å². The van der Waals surface area contributed by atoms with Crippen LogP contribution in [0, 0.1) is 11.6 Å². The molecule has 1 aliphatic rings. The topological polar surface area (TPSA) is 93.7 Å². The van der Waals surface area contributed by atoms with Crippen LogP contribution in [0.5, 0.6) is 11.5 Å². The van der Waals surface area contributed by atoms with Gasteiger partial charge in [0.25, 0.3) is 11.8 Å². The van der Waals surface area contributed by atoms with Crippen LogP contribution in [0.3, 0.4) is 0 Å². The van der Waals surface area contributed by atoms with Crippen molar-refractivity contribution in [1.82, 2.24) is 10.6 Å². The third-order valence-electron chi connectivity index (χ3n) is 3.84. The van der Waals surface area contributed by atoms with Crippen molar-refractivity contribution in [2.75, 3.05) is 7.11 Å². The lowest BCUT2D eigenvalue weighted by atomic mass is 10.1. The summed E-state index contributed by atoms with van der Waals surface area (Å²) in [4.78, 5) is 34.8. The van der Waals surface area contributed by atoms with Crippen LogP contribution in [0.15, 0.2) is 42.0 Å². The minimum Gasteiger partial charge on any atom is -0.496 e. The van der Waals surface area contributed by atoms with Crippen LogP contribution in [0.4, 0.5) is 13.6 Å². The van der Waals surface area contributed by atoms with Gasteiger partial charge in [-0.05, 0) is 35.9 Å². The Bertz CT molecular complexity index is 982. The zero-order chi connectivity index (χ0) is 20.3. The van der Waals surface area contributed by atoms with Crippen molar-refractivity contribution < 1.29 is 32.6 Å². The van der Waals surface area contributed by atoms with E-state index in [0.29, 0.717) is 22.9 Å². The second-order valence-corrected chi connectivity index (χ2v) is 5.73. The van der Waals surface area contributed by atoms with E-state index in [1.807, 2.05) is 10.6 Å². The molecule has 3 rings (SSSR count). The summed E-state index contributed by atoms with van der Waals surface area (Å²) >= 11 is 0. The highest BCUT2D eigenvalue weighted by molar-refractivity contribution is 6.31. The van der Waals surface area contributed by atoms with Gasteiger partial charge in [-0.3, -0.25) is 20.2 Å². The molecule has 0 unspecified atom stereocenters. The maximum Gasteiger partial charge on any atom is 0.328 e. The maximum atomic E-state index is 13.7. The van der Waals surface area contributed by atoms with E-state index in [1.54, 1.807) is 18.2 Å². The molecule has 0 spiro atoms. The summed E-state index contributed by atoms with van der Waals surface area (Å²) < 4.78 is 37.3. The highest BCUT2D eigenvalue weighted by Gasteiger charge is 2.27. The van der Waals surface area contributed by atoms with E-state index in [1.165, 1.54) is 13.2 Å². The molecular weight excluding hydrogens is 374 g/mol. The normalized spacial score (nSPS) is 13.7. The predicted octanol–water partition coefficient (Wildman–Crippen LogP) is 2.30. The van der Waals surface area contributed by atoms with Crippen LogP contribution in [-0.4, -0.2) is 25.0 Å². The quantitative estimate of drug-likeness (QED) is 0.606. The second-order valence-electron chi connectivity index (χ2n) is 5.73. The van der Waals surface area contributed by atoms with Gasteiger partial charge in [0.2, 0.25) is 0 Å². The monoisotopic (exact) mass is 388 g/mol. The van der Waals surface area contributed by atoms with E-state index in [-0.39, 0.29) is 17.9 Å². The van der Waals surface area contributed by atoms with Crippen LogP contribution in [-0.2, 0) is 16.2 Å². The number of benzene rings is 2. The first kappa shape index (κ1) is 19.0. The van der Waals surface area contributed by atoms with E-state index < -0.39 is 29.5 Å². The first-order chi connectivity index (χ1) is 13.4. The van der Waals surface area contributed by atoms with Crippen LogP contribution in [0.25, 0.3) is 6.08 Å². The summed E-state index contributed by atoms with van der Waals surface area (Å²) in [7, 11) is 1.43. The van der Waals surface area contributed by atoms with Gasteiger partial charge in [0, 0.05) is 11.6 Å². The average molecular weight is 388 g/mol. The predicted molar refractivity (Wildman–Crippen MR) is 93.3 cm³/mol. The Morgan fingerprint density at radius 1 is 0.964 bits per heavy atom. The molecule has 0 aromatic heterocycles. The van der Waals surface area contributed by atoms with E-state index in [9.17, 15) is 23.2 Å². The molecule has 144 valence electrons. The van der Waals surface area contributed by atoms with Crippen LogP contribution in [0.2, 0.25) is 0 Å². The second kappa shape index (κ2) is 7.87. The Morgan fingerprint density at radius 2 is 1.64 bits per heavy atom. The van der Waals surface area contributed by atoms with Gasteiger partial charge >= 0.3 is 6.03 Å². The number of amides is 4. The molecule has 1 aliphatic heterocycles. The molecule has 7 nitrogen and oxygen atoms in total. The van der Waals surface area contributed by atoms with Crippen molar-refractivity contribution in [3.8, 4) is 11.5 Å². The van der Waals surface area contributed by atoms with Crippen LogP contribution >= 0.6 is 0 Å². The summed E-state index contributed by atoms with van der Waals surface area (Å²) in [5.41, 5.74) is 0.697. The number of halogens is 2. The summed E-state index contributed by atoms with van der Waals surface area (Å²) in [5, 5.41) is 3.95. The van der Waals surface area contributed by atoms with Crippen molar-refractivity contribution in [2.24, 2.45) is 0 Å². The maximum absolute atomic E-state index is 13.7. The third-order valence-corrected chi connectivity index (χ3v) is 3.84. The van der Waals surface area contributed by atoms with Gasteiger partial charge in [-0.1, -0.05) is 6.07 Å². The van der Waals surface area contributed by atoms with Crippen LogP contribution < -0.4 is 20.1 Å². The smallest absolute Gasteiger partial charge is 0.328 e. The summed E-state index contributed by atoms with van der Waals surface area (Å²) in [6.07, 6.45) is 1.29. The van der Waals surface area contributed by atoms with Gasteiger partial charge in [0.15, 0.2) is 11.6 Å². The number of nitrogens with one attached hydrogen (secondary N) is 2. The van der Waals surface area contributed by atoms with Crippen LogP contribution in [0.1, 0.15) is 11.1 Å². The molecule has 0 atom stereocenters. The molecule has 9 heteroatoms. The fourth-order valence-electron chi connectivity index (χ4n) is 2.52. The highest BCUT2D eigenvalue weighted by Crippen LogP contribution is 2.25. The lowest BCUT2D eigenvalue weighted by Crippen LogP contribution is -2.51. The number of urea groups is 1. The van der Waals surface area contributed by atoms with Crippen molar-refractivity contribution >= 4 is 23.9 Å². The molecule has 0 saturated carbocycles. The number of hydrogen-bond donors (Lipinski definition) is 2. The van der Waals surface area contributed by atoms with Gasteiger partial charge in [0.05, 0.1) is 7.11 Å². The lowest BCUT2D eigenvalue weighted by molar-refractivity contribution is -0.123. The molecule has 2 N–H and O–H groups in total. The highest BCUT2D eigenvalue weighted by atomic mass is 19.1. The summed E-state index contributed by atoms with van der Waals surface area (Å²) in [6, 6.07) is 6.78. The fourth-order valence-corrected chi connectivity index (χ4v) is 2.52. The fraction of sp³-hybridized carbons (Fsp3) is 0.105. The number of carbonyl (C=O) groups is 3. The number of barbiturate groups is 1. The summed E-state index contributed by atoms with van der Waals surface area (Å²) in [5.74, 6) is -2.93. The minimum absolute atomic E-state index is 0.111. The summed E-state index contributed by atoms with van der Waals surface area (Å²) in [6.45, 7) is -0.111. The van der Waals surface area contributed by atoms with Gasteiger partial charge in [0.1, 0.15) is 23.7 Å². The number of ether oxygens (including phenoxy) is 2. The number of carbonyl (C=O) groups excluding carboxylic acids is 3. The molecular formula is C19H14F2N2O5. The van der Waals surface area contributed by atoms with Gasteiger partial charge in [-0.15, -0.1) is 0 Å². The molecule has 1 fully saturated rings. The number of imide groups is 2. The van der Waals surface area contributed by atoms with Gasteiger partial charge in [-0.25, -0.2) is 13.6 Å². The zero-order valence-corrected chi connectivity index (χ0v) is 14.5. The Balaban J connectivity index is 1.86. The molecule has 0 bridgehead atoms. The third kappa shape index (κ3) is 4.14. The standard InChI is InChI=1S/C19H14F2N2O5/c1-27-15-4-2-10(7-13-17(24)22-19(26)23-18(13)25)6-11(15)9-28-16-5-3-12(20)8-14(16)21/h2-8H,9H2,1H3,(H2,22,23,24,25,26). The number of methoxy groups -OCH3 is 1. The van der Waals surface area contributed by atoms with Gasteiger partial charge in [-0.2, -0.15) is 0 Å².